The minimum atomic E-state index is -1.52. The molecule has 1 unspecified atom stereocenters. The van der Waals surface area contributed by atoms with Crippen molar-refractivity contribution >= 4 is 11.9 Å². The number of hydrogen-bond acceptors (Lipinski definition) is 5. The summed E-state index contributed by atoms with van der Waals surface area (Å²) in [6.45, 7) is 1.60. The van der Waals surface area contributed by atoms with Crippen molar-refractivity contribution < 1.29 is 27.6 Å². The zero-order valence-electron chi connectivity index (χ0n) is 11.7. The highest BCUT2D eigenvalue weighted by Gasteiger charge is 2.28. The molecule has 0 fully saturated rings. The van der Waals surface area contributed by atoms with Crippen molar-refractivity contribution in [3.8, 4) is 0 Å². The van der Waals surface area contributed by atoms with Gasteiger partial charge in [-0.05, 0) is 25.1 Å². The lowest BCUT2D eigenvalue weighted by Gasteiger charge is -2.16. The molecule has 1 heterocycles. The van der Waals surface area contributed by atoms with Gasteiger partial charge in [0, 0.05) is 11.6 Å². The molecule has 0 radical (unpaired) electrons. The second kappa shape index (κ2) is 6.33. The van der Waals surface area contributed by atoms with Crippen LogP contribution in [0.5, 0.6) is 0 Å². The first kappa shape index (κ1) is 15.6. The Morgan fingerprint density at radius 3 is 2.64 bits per heavy atom. The molecule has 1 aromatic heterocycles. The SMILES string of the molecule is COC(=O)C(NC(=O)c1cc(C)no1)c1cc(F)ccc1F. The number of ether oxygens (including phenoxy) is 1. The van der Waals surface area contributed by atoms with Crippen LogP contribution in [-0.2, 0) is 9.53 Å². The standard InChI is InChI=1S/C14H12F2N2O4/c1-7-5-11(22-18-7)13(19)17-12(14(20)21-2)9-6-8(15)3-4-10(9)16/h3-6,12H,1-2H3,(H,17,19). The van der Waals surface area contributed by atoms with Gasteiger partial charge in [0.1, 0.15) is 11.6 Å². The molecular formula is C14H12F2N2O4. The lowest BCUT2D eigenvalue weighted by atomic mass is 10.1. The summed E-state index contributed by atoms with van der Waals surface area (Å²) < 4.78 is 36.4. The molecule has 0 aliphatic carbocycles. The number of esters is 1. The minimum absolute atomic E-state index is 0.164. The van der Waals surface area contributed by atoms with Gasteiger partial charge in [0.2, 0.25) is 5.76 Å². The Morgan fingerprint density at radius 2 is 2.05 bits per heavy atom. The summed E-state index contributed by atoms with van der Waals surface area (Å²) in [5.41, 5.74) is 0.105. The fourth-order valence-electron chi connectivity index (χ4n) is 1.79. The Bertz CT molecular complexity index is 715. The van der Waals surface area contributed by atoms with Crippen LogP contribution in [0.25, 0.3) is 0 Å². The maximum atomic E-state index is 13.8. The van der Waals surface area contributed by atoms with Gasteiger partial charge in [0.25, 0.3) is 5.91 Å². The van der Waals surface area contributed by atoms with Gasteiger partial charge in [-0.2, -0.15) is 0 Å². The largest absolute Gasteiger partial charge is 0.467 e. The Balaban J connectivity index is 2.33. The molecule has 2 rings (SSSR count). The first-order chi connectivity index (χ1) is 10.4. The third-order valence-corrected chi connectivity index (χ3v) is 2.83. The third-order valence-electron chi connectivity index (χ3n) is 2.83. The number of benzene rings is 1. The molecule has 1 aromatic carbocycles. The van der Waals surface area contributed by atoms with Crippen molar-refractivity contribution in [1.29, 1.82) is 0 Å². The zero-order valence-corrected chi connectivity index (χ0v) is 11.7. The fourth-order valence-corrected chi connectivity index (χ4v) is 1.79. The number of rotatable bonds is 4. The number of nitrogens with one attached hydrogen (secondary N) is 1. The van der Waals surface area contributed by atoms with Crippen molar-refractivity contribution in [3.05, 3.63) is 52.9 Å². The summed E-state index contributed by atoms with van der Waals surface area (Å²) >= 11 is 0. The van der Waals surface area contributed by atoms with E-state index in [1.165, 1.54) is 6.07 Å². The smallest absolute Gasteiger partial charge is 0.333 e. The van der Waals surface area contributed by atoms with Crippen LogP contribution in [0.4, 0.5) is 8.78 Å². The number of nitrogens with zero attached hydrogens (tertiary/aromatic N) is 1. The summed E-state index contributed by atoms with van der Waals surface area (Å²) in [5.74, 6) is -3.53. The number of halogens is 2. The van der Waals surface area contributed by atoms with E-state index in [-0.39, 0.29) is 11.3 Å². The maximum Gasteiger partial charge on any atom is 0.333 e. The number of carbonyl (C=O) groups is 2. The molecule has 116 valence electrons. The summed E-state index contributed by atoms with van der Waals surface area (Å²) in [6, 6.07) is 2.38. The average Bonchev–Trinajstić information content (AvgIpc) is 2.93. The maximum absolute atomic E-state index is 13.8. The van der Waals surface area contributed by atoms with E-state index in [9.17, 15) is 18.4 Å². The van der Waals surface area contributed by atoms with Gasteiger partial charge in [-0.25, -0.2) is 13.6 Å². The van der Waals surface area contributed by atoms with Gasteiger partial charge in [-0.1, -0.05) is 5.16 Å². The number of amides is 1. The second-order valence-corrected chi connectivity index (χ2v) is 4.43. The molecule has 0 saturated heterocycles. The molecule has 6 nitrogen and oxygen atoms in total. The van der Waals surface area contributed by atoms with Crippen molar-refractivity contribution in [1.82, 2.24) is 10.5 Å². The van der Waals surface area contributed by atoms with Gasteiger partial charge < -0.3 is 14.6 Å². The van der Waals surface area contributed by atoms with Crippen LogP contribution >= 0.6 is 0 Å². The first-order valence-electron chi connectivity index (χ1n) is 6.19. The Morgan fingerprint density at radius 1 is 1.32 bits per heavy atom. The van der Waals surface area contributed by atoms with Crippen LogP contribution < -0.4 is 5.32 Å². The van der Waals surface area contributed by atoms with Crippen LogP contribution in [0.2, 0.25) is 0 Å². The molecule has 1 N–H and O–H groups in total. The monoisotopic (exact) mass is 310 g/mol. The lowest BCUT2D eigenvalue weighted by Crippen LogP contribution is -2.35. The van der Waals surface area contributed by atoms with Gasteiger partial charge in [-0.15, -0.1) is 0 Å². The lowest BCUT2D eigenvalue weighted by molar-refractivity contribution is -0.143. The normalized spacial score (nSPS) is 11.8. The van der Waals surface area contributed by atoms with Gasteiger partial charge in [0.05, 0.1) is 12.8 Å². The molecule has 0 aliphatic rings. The molecular weight excluding hydrogens is 298 g/mol. The van der Waals surface area contributed by atoms with E-state index in [1.807, 2.05) is 0 Å². The molecule has 0 spiro atoms. The van der Waals surface area contributed by atoms with E-state index in [4.69, 9.17) is 4.52 Å². The molecule has 8 heteroatoms. The van der Waals surface area contributed by atoms with Crippen molar-refractivity contribution in [2.75, 3.05) is 7.11 Å². The zero-order chi connectivity index (χ0) is 16.3. The number of hydrogen-bond donors (Lipinski definition) is 1. The Labute approximate surface area is 124 Å². The number of aryl methyl sites for hydroxylation is 1. The van der Waals surface area contributed by atoms with Crippen LogP contribution in [0.15, 0.2) is 28.8 Å². The van der Waals surface area contributed by atoms with E-state index in [0.717, 1.165) is 25.3 Å². The molecule has 22 heavy (non-hydrogen) atoms. The van der Waals surface area contributed by atoms with Crippen LogP contribution in [0.1, 0.15) is 27.9 Å². The van der Waals surface area contributed by atoms with Crippen molar-refractivity contribution in [2.45, 2.75) is 13.0 Å². The van der Waals surface area contributed by atoms with E-state index in [2.05, 4.69) is 15.2 Å². The van der Waals surface area contributed by atoms with Gasteiger partial charge in [0.15, 0.2) is 6.04 Å². The molecule has 0 bridgehead atoms. The second-order valence-electron chi connectivity index (χ2n) is 4.43. The Hall–Kier alpha value is -2.77. The van der Waals surface area contributed by atoms with Crippen LogP contribution in [-0.4, -0.2) is 24.1 Å². The number of carbonyl (C=O) groups excluding carboxylic acids is 2. The van der Waals surface area contributed by atoms with E-state index in [0.29, 0.717) is 5.69 Å². The van der Waals surface area contributed by atoms with Crippen molar-refractivity contribution in [2.24, 2.45) is 0 Å². The molecule has 2 aromatic rings. The van der Waals surface area contributed by atoms with Crippen molar-refractivity contribution in [3.63, 3.8) is 0 Å². The van der Waals surface area contributed by atoms with E-state index >= 15 is 0 Å². The molecule has 1 atom stereocenters. The highest BCUT2D eigenvalue weighted by atomic mass is 19.1. The molecule has 0 aliphatic heterocycles. The number of aromatic nitrogens is 1. The quantitative estimate of drug-likeness (QED) is 0.872. The van der Waals surface area contributed by atoms with Gasteiger partial charge >= 0.3 is 5.97 Å². The van der Waals surface area contributed by atoms with Crippen LogP contribution in [0.3, 0.4) is 0 Å². The summed E-state index contributed by atoms with van der Waals surface area (Å²) in [4.78, 5) is 23.8. The topological polar surface area (TPSA) is 81.4 Å². The van der Waals surface area contributed by atoms with E-state index in [1.54, 1.807) is 6.92 Å². The first-order valence-corrected chi connectivity index (χ1v) is 6.19. The summed E-state index contributed by atoms with van der Waals surface area (Å²) in [7, 11) is 1.07. The van der Waals surface area contributed by atoms with Crippen LogP contribution in [0, 0.1) is 18.6 Å². The van der Waals surface area contributed by atoms with E-state index < -0.39 is 29.6 Å². The predicted octanol–water partition coefficient (Wildman–Crippen LogP) is 1.91. The number of methoxy groups -OCH3 is 1. The van der Waals surface area contributed by atoms with Gasteiger partial charge in [-0.3, -0.25) is 4.79 Å². The molecule has 0 saturated carbocycles. The predicted molar refractivity (Wildman–Crippen MR) is 69.8 cm³/mol. The average molecular weight is 310 g/mol. The Kier molecular flexibility index (Phi) is 4.50. The highest BCUT2D eigenvalue weighted by molar-refractivity contribution is 5.94. The third kappa shape index (κ3) is 3.27. The minimum Gasteiger partial charge on any atom is -0.467 e. The summed E-state index contributed by atoms with van der Waals surface area (Å²) in [5, 5.41) is 5.76. The highest BCUT2D eigenvalue weighted by Crippen LogP contribution is 2.20. The fraction of sp³-hybridized carbons (Fsp3) is 0.214. The summed E-state index contributed by atoms with van der Waals surface area (Å²) in [6.07, 6.45) is 0. The molecule has 1 amide bonds.